The van der Waals surface area contributed by atoms with E-state index in [0.29, 0.717) is 13.1 Å². The Morgan fingerprint density at radius 3 is 3.00 bits per heavy atom. The molecule has 0 saturated carbocycles. The first kappa shape index (κ1) is 12.8. The molecule has 0 fully saturated rings. The third kappa shape index (κ3) is 2.96. The van der Waals surface area contributed by atoms with Gasteiger partial charge in [0.25, 0.3) is 6.47 Å². The topological polar surface area (TPSA) is 39.2 Å². The molecule has 0 N–H and O–H groups in total. The smallest absolute Gasteiger partial charge is 0.293 e. The van der Waals surface area contributed by atoms with Crippen LogP contribution >= 0.6 is 11.3 Å². The van der Waals surface area contributed by atoms with Crippen molar-refractivity contribution in [2.75, 3.05) is 0 Å². The van der Waals surface area contributed by atoms with Crippen molar-refractivity contribution in [3.05, 3.63) is 40.9 Å². The largest absolute Gasteiger partial charge is 0.462 e. The first-order chi connectivity index (χ1) is 8.85. The highest BCUT2D eigenvalue weighted by molar-refractivity contribution is 7.15. The molecule has 0 saturated heterocycles. The summed E-state index contributed by atoms with van der Waals surface area (Å²) in [4.78, 5) is 15.5. The normalized spacial score (nSPS) is 10.3. The maximum Gasteiger partial charge on any atom is 0.293 e. The Balaban J connectivity index is 2.25. The number of aryl methyl sites for hydroxylation is 1. The number of hydrogen-bond donors (Lipinski definition) is 0. The monoisotopic (exact) mass is 261 g/mol. The summed E-state index contributed by atoms with van der Waals surface area (Å²) in [6.07, 6.45) is 3.94. The molecule has 0 spiro atoms. The van der Waals surface area contributed by atoms with E-state index >= 15 is 0 Å². The van der Waals surface area contributed by atoms with Gasteiger partial charge in [-0.3, -0.25) is 4.79 Å². The molecule has 0 aliphatic heterocycles. The van der Waals surface area contributed by atoms with Crippen molar-refractivity contribution in [1.82, 2.24) is 4.98 Å². The van der Waals surface area contributed by atoms with Gasteiger partial charge in [-0.25, -0.2) is 4.98 Å². The van der Waals surface area contributed by atoms with Crippen LogP contribution in [0.25, 0.3) is 10.6 Å². The van der Waals surface area contributed by atoms with Crippen molar-refractivity contribution in [3.63, 3.8) is 0 Å². The van der Waals surface area contributed by atoms with Gasteiger partial charge in [-0.15, -0.1) is 11.3 Å². The van der Waals surface area contributed by atoms with Gasteiger partial charge in [-0.2, -0.15) is 0 Å². The molecule has 3 nitrogen and oxygen atoms in total. The predicted molar refractivity (Wildman–Crippen MR) is 72.4 cm³/mol. The van der Waals surface area contributed by atoms with Gasteiger partial charge < -0.3 is 4.74 Å². The predicted octanol–water partition coefficient (Wildman–Crippen LogP) is 3.44. The maximum atomic E-state index is 10.2. The Kier molecular flexibility index (Phi) is 4.47. The third-order valence-corrected chi connectivity index (χ3v) is 3.62. The Bertz CT molecular complexity index is 522. The molecular formula is C14H15NO2S. The van der Waals surface area contributed by atoms with Crippen LogP contribution in [0.3, 0.4) is 0 Å². The summed E-state index contributed by atoms with van der Waals surface area (Å²) in [5.41, 5.74) is 2.50. The van der Waals surface area contributed by atoms with E-state index in [9.17, 15) is 4.79 Å². The van der Waals surface area contributed by atoms with E-state index in [0.717, 1.165) is 22.7 Å². The van der Waals surface area contributed by atoms with E-state index in [1.165, 1.54) is 11.1 Å². The minimum atomic E-state index is 0.303. The first-order valence-electron chi connectivity index (χ1n) is 5.93. The minimum Gasteiger partial charge on any atom is -0.462 e. The summed E-state index contributed by atoms with van der Waals surface area (Å²) < 4.78 is 4.74. The maximum absolute atomic E-state index is 10.2. The molecule has 0 amide bonds. The van der Waals surface area contributed by atoms with E-state index < -0.39 is 0 Å². The van der Waals surface area contributed by atoms with Crippen LogP contribution in [0, 0.1) is 0 Å². The van der Waals surface area contributed by atoms with Gasteiger partial charge in [-0.05, 0) is 12.0 Å². The van der Waals surface area contributed by atoms with Crippen LogP contribution in [0.1, 0.15) is 23.8 Å². The number of nitrogens with zero attached hydrogens (tertiary/aromatic N) is 1. The molecule has 1 aromatic heterocycles. The lowest BCUT2D eigenvalue weighted by molar-refractivity contribution is -0.129. The Morgan fingerprint density at radius 2 is 2.22 bits per heavy atom. The lowest BCUT2D eigenvalue weighted by Gasteiger charge is -2.05. The summed E-state index contributed by atoms with van der Waals surface area (Å²) in [6, 6.07) is 8.31. The summed E-state index contributed by atoms with van der Waals surface area (Å²) >= 11 is 1.57. The van der Waals surface area contributed by atoms with Gasteiger partial charge in [0.1, 0.15) is 11.6 Å². The second kappa shape index (κ2) is 6.31. The summed E-state index contributed by atoms with van der Waals surface area (Å²) in [6.45, 7) is 2.93. The third-order valence-electron chi connectivity index (χ3n) is 2.61. The Morgan fingerprint density at radius 1 is 1.39 bits per heavy atom. The highest BCUT2D eigenvalue weighted by Crippen LogP contribution is 2.29. The summed E-state index contributed by atoms with van der Waals surface area (Å²) in [5.74, 6) is 0. The van der Waals surface area contributed by atoms with Crippen molar-refractivity contribution < 1.29 is 9.53 Å². The second-order valence-corrected chi connectivity index (χ2v) is 5.06. The van der Waals surface area contributed by atoms with Gasteiger partial charge in [0.2, 0.25) is 0 Å². The molecular weight excluding hydrogens is 246 g/mol. The van der Waals surface area contributed by atoms with E-state index in [2.05, 4.69) is 30.1 Å². The number of hydrogen-bond acceptors (Lipinski definition) is 4. The molecule has 1 aromatic carbocycles. The number of carbonyl (C=O) groups is 1. The molecule has 0 aliphatic rings. The van der Waals surface area contributed by atoms with Crippen molar-refractivity contribution in [3.8, 4) is 10.6 Å². The standard InChI is InChI=1S/C14H15NO2S/c1-2-5-11-6-3-4-7-13(11)14-15-8-12(18-14)9-17-10-16/h3-4,6-8,10H,2,5,9H2,1H3. The van der Waals surface area contributed by atoms with Gasteiger partial charge in [0, 0.05) is 11.8 Å². The first-order valence-corrected chi connectivity index (χ1v) is 6.75. The molecule has 0 aliphatic carbocycles. The Labute approximate surface area is 110 Å². The summed E-state index contributed by atoms with van der Waals surface area (Å²) in [5, 5.41) is 0.989. The Hall–Kier alpha value is -1.68. The van der Waals surface area contributed by atoms with Crippen LogP contribution in [0.5, 0.6) is 0 Å². The number of rotatable bonds is 6. The highest BCUT2D eigenvalue weighted by Gasteiger charge is 2.08. The number of aromatic nitrogens is 1. The molecule has 0 atom stereocenters. The zero-order valence-corrected chi connectivity index (χ0v) is 11.1. The molecule has 2 rings (SSSR count). The average Bonchev–Trinajstić information content (AvgIpc) is 2.86. The fourth-order valence-electron chi connectivity index (χ4n) is 1.83. The highest BCUT2D eigenvalue weighted by atomic mass is 32.1. The van der Waals surface area contributed by atoms with Crippen LogP contribution in [0.4, 0.5) is 0 Å². The van der Waals surface area contributed by atoms with Crippen LogP contribution in [0.2, 0.25) is 0 Å². The van der Waals surface area contributed by atoms with Gasteiger partial charge >= 0.3 is 0 Å². The van der Waals surface area contributed by atoms with Crippen LogP contribution < -0.4 is 0 Å². The van der Waals surface area contributed by atoms with Gasteiger partial charge in [0.15, 0.2) is 0 Å². The molecule has 94 valence electrons. The van der Waals surface area contributed by atoms with Crippen molar-refractivity contribution >= 4 is 17.8 Å². The fraction of sp³-hybridized carbons (Fsp3) is 0.286. The molecule has 4 heteroatoms. The van der Waals surface area contributed by atoms with E-state index in [1.807, 2.05) is 6.07 Å². The molecule has 0 unspecified atom stereocenters. The quantitative estimate of drug-likeness (QED) is 0.748. The zero-order valence-electron chi connectivity index (χ0n) is 10.3. The van der Waals surface area contributed by atoms with E-state index in [1.54, 1.807) is 17.5 Å². The molecule has 2 aromatic rings. The lowest BCUT2D eigenvalue weighted by Crippen LogP contribution is -1.87. The van der Waals surface area contributed by atoms with E-state index in [-0.39, 0.29) is 0 Å². The van der Waals surface area contributed by atoms with Crippen LogP contribution in [0.15, 0.2) is 30.5 Å². The van der Waals surface area contributed by atoms with Crippen molar-refractivity contribution in [2.45, 2.75) is 26.4 Å². The fourth-order valence-corrected chi connectivity index (χ4v) is 2.73. The number of thiazole rings is 1. The van der Waals surface area contributed by atoms with Gasteiger partial charge in [-0.1, -0.05) is 37.6 Å². The number of benzene rings is 1. The van der Waals surface area contributed by atoms with Crippen LogP contribution in [-0.2, 0) is 22.6 Å². The van der Waals surface area contributed by atoms with Crippen molar-refractivity contribution in [2.24, 2.45) is 0 Å². The minimum absolute atomic E-state index is 0.303. The van der Waals surface area contributed by atoms with E-state index in [4.69, 9.17) is 4.74 Å². The SMILES string of the molecule is CCCc1ccccc1-c1ncc(COC=O)s1. The average molecular weight is 261 g/mol. The molecule has 0 bridgehead atoms. The lowest BCUT2D eigenvalue weighted by atomic mass is 10.0. The number of carbonyl (C=O) groups excluding carboxylic acids is 1. The van der Waals surface area contributed by atoms with Crippen molar-refractivity contribution in [1.29, 1.82) is 0 Å². The van der Waals surface area contributed by atoms with Crippen LogP contribution in [-0.4, -0.2) is 11.5 Å². The zero-order chi connectivity index (χ0) is 12.8. The number of ether oxygens (including phenoxy) is 1. The summed E-state index contributed by atoms with van der Waals surface area (Å²) in [7, 11) is 0. The molecule has 1 heterocycles. The second-order valence-electron chi connectivity index (χ2n) is 3.95. The molecule has 18 heavy (non-hydrogen) atoms. The molecule has 0 radical (unpaired) electrons. The van der Waals surface area contributed by atoms with Gasteiger partial charge in [0.05, 0.1) is 4.88 Å².